The molecule has 0 aliphatic rings. The fourth-order valence-corrected chi connectivity index (χ4v) is 1.80. The van der Waals surface area contributed by atoms with Crippen molar-refractivity contribution in [2.24, 2.45) is 0 Å². The summed E-state index contributed by atoms with van der Waals surface area (Å²) in [7, 11) is 0. The highest BCUT2D eigenvalue weighted by Gasteiger charge is 2.22. The van der Waals surface area contributed by atoms with E-state index in [2.05, 4.69) is 5.32 Å². The molecule has 102 valence electrons. The maximum absolute atomic E-state index is 13.4. The van der Waals surface area contributed by atoms with Crippen LogP contribution in [0.15, 0.2) is 24.3 Å². The zero-order valence-electron chi connectivity index (χ0n) is 11.0. The summed E-state index contributed by atoms with van der Waals surface area (Å²) in [5.41, 5.74) is -0.476. The van der Waals surface area contributed by atoms with Crippen molar-refractivity contribution >= 4 is 0 Å². The average molecular weight is 255 g/mol. The molecule has 0 saturated carbocycles. The zero-order chi connectivity index (χ0) is 13.6. The van der Waals surface area contributed by atoms with Gasteiger partial charge in [-0.15, -0.1) is 0 Å². The van der Waals surface area contributed by atoms with Gasteiger partial charge >= 0.3 is 0 Å². The van der Waals surface area contributed by atoms with E-state index in [0.717, 1.165) is 0 Å². The molecule has 0 bridgehead atoms. The molecular weight excluding hydrogens is 233 g/mol. The lowest BCUT2D eigenvalue weighted by atomic mass is 9.97. The average Bonchev–Trinajstić information content (AvgIpc) is 2.39. The predicted octanol–water partition coefficient (Wildman–Crippen LogP) is 2.00. The van der Waals surface area contributed by atoms with Gasteiger partial charge in [0, 0.05) is 18.7 Å². The lowest BCUT2D eigenvalue weighted by Crippen LogP contribution is -2.40. The van der Waals surface area contributed by atoms with Crippen molar-refractivity contribution in [2.75, 3.05) is 13.1 Å². The molecule has 0 amide bonds. The van der Waals surface area contributed by atoms with Gasteiger partial charge in [0.1, 0.15) is 5.82 Å². The Morgan fingerprint density at radius 1 is 1.28 bits per heavy atom. The first-order valence-corrected chi connectivity index (χ1v) is 6.38. The van der Waals surface area contributed by atoms with Crippen LogP contribution in [0, 0.1) is 5.82 Å². The van der Waals surface area contributed by atoms with Crippen LogP contribution in [0.2, 0.25) is 0 Å². The summed E-state index contributed by atoms with van der Waals surface area (Å²) in [5.74, 6) is -0.409. The second-order valence-electron chi connectivity index (χ2n) is 4.60. The normalized spacial score (nSPS) is 13.6. The van der Waals surface area contributed by atoms with E-state index in [9.17, 15) is 14.6 Å². The molecule has 3 nitrogen and oxygen atoms in total. The number of rotatable bonds is 7. The van der Waals surface area contributed by atoms with E-state index in [1.807, 2.05) is 13.8 Å². The lowest BCUT2D eigenvalue weighted by molar-refractivity contribution is 0.0292. The summed E-state index contributed by atoms with van der Waals surface area (Å²) in [5, 5.41) is 22.9. The molecule has 1 rings (SSSR count). The summed E-state index contributed by atoms with van der Waals surface area (Å²) in [6.45, 7) is 4.45. The Labute approximate surface area is 108 Å². The minimum Gasteiger partial charge on any atom is -0.389 e. The maximum atomic E-state index is 13.4. The molecule has 3 N–H and O–H groups in total. The van der Waals surface area contributed by atoms with Crippen LogP contribution in [0.1, 0.15) is 38.4 Å². The number of aliphatic hydroxyl groups excluding tert-OH is 1. The number of nitrogens with one attached hydrogen (secondary N) is 1. The first-order chi connectivity index (χ1) is 8.52. The smallest absolute Gasteiger partial charge is 0.129 e. The van der Waals surface area contributed by atoms with Gasteiger partial charge in [0.05, 0.1) is 11.7 Å². The molecule has 0 spiro atoms. The van der Waals surface area contributed by atoms with Gasteiger partial charge in [-0.2, -0.15) is 0 Å². The third-order valence-electron chi connectivity index (χ3n) is 3.37. The van der Waals surface area contributed by atoms with Gasteiger partial charge in [-0.3, -0.25) is 0 Å². The Balaban J connectivity index is 2.47. The zero-order valence-corrected chi connectivity index (χ0v) is 11.0. The summed E-state index contributed by atoms with van der Waals surface area (Å²) >= 11 is 0. The summed E-state index contributed by atoms with van der Waals surface area (Å²) in [4.78, 5) is 0. The number of hydrogen-bond donors (Lipinski definition) is 3. The van der Waals surface area contributed by atoms with Crippen molar-refractivity contribution in [1.29, 1.82) is 0 Å². The van der Waals surface area contributed by atoms with Crippen LogP contribution >= 0.6 is 0 Å². The molecule has 1 atom stereocenters. The van der Waals surface area contributed by atoms with Crippen molar-refractivity contribution in [3.8, 4) is 0 Å². The van der Waals surface area contributed by atoms with Gasteiger partial charge in [0.25, 0.3) is 0 Å². The molecule has 1 aromatic carbocycles. The largest absolute Gasteiger partial charge is 0.389 e. The fraction of sp³-hybridized carbons (Fsp3) is 0.571. The second-order valence-corrected chi connectivity index (χ2v) is 4.60. The minimum atomic E-state index is -0.899. The highest BCUT2D eigenvalue weighted by Crippen LogP contribution is 2.17. The number of aliphatic hydroxyl groups is 2. The molecule has 1 unspecified atom stereocenters. The Morgan fingerprint density at radius 2 is 1.89 bits per heavy atom. The first-order valence-electron chi connectivity index (χ1n) is 6.38. The highest BCUT2D eigenvalue weighted by atomic mass is 19.1. The van der Waals surface area contributed by atoms with Crippen LogP contribution < -0.4 is 5.32 Å². The van der Waals surface area contributed by atoms with Crippen molar-refractivity contribution in [2.45, 2.75) is 38.4 Å². The second kappa shape index (κ2) is 6.83. The summed E-state index contributed by atoms with van der Waals surface area (Å²) < 4.78 is 13.4. The summed E-state index contributed by atoms with van der Waals surface area (Å²) in [6, 6.07) is 6.17. The van der Waals surface area contributed by atoms with E-state index in [1.54, 1.807) is 18.2 Å². The molecule has 0 radical (unpaired) electrons. The van der Waals surface area contributed by atoms with Crippen molar-refractivity contribution < 1.29 is 14.6 Å². The predicted molar refractivity (Wildman–Crippen MR) is 69.8 cm³/mol. The standard InChI is InChI=1S/C14H22FNO2/c1-3-14(18,4-2)10-16-9-13(17)11-7-5-6-8-12(11)15/h5-8,13,16-18H,3-4,9-10H2,1-2H3. The molecule has 0 aliphatic heterocycles. The number of hydrogen-bond acceptors (Lipinski definition) is 3. The van der Waals surface area contributed by atoms with E-state index in [-0.39, 0.29) is 12.1 Å². The SMILES string of the molecule is CCC(O)(CC)CNCC(O)c1ccccc1F. The molecule has 0 fully saturated rings. The topological polar surface area (TPSA) is 52.5 Å². The Morgan fingerprint density at radius 3 is 2.44 bits per heavy atom. The minimum absolute atomic E-state index is 0.225. The van der Waals surface area contributed by atoms with Crippen LogP contribution in [0.25, 0.3) is 0 Å². The van der Waals surface area contributed by atoms with Crippen molar-refractivity contribution in [3.05, 3.63) is 35.6 Å². The quantitative estimate of drug-likeness (QED) is 0.698. The van der Waals surface area contributed by atoms with Gasteiger partial charge in [-0.05, 0) is 18.9 Å². The van der Waals surface area contributed by atoms with E-state index in [1.165, 1.54) is 6.07 Å². The van der Waals surface area contributed by atoms with Crippen LogP contribution in [-0.4, -0.2) is 28.9 Å². The van der Waals surface area contributed by atoms with E-state index in [0.29, 0.717) is 19.4 Å². The van der Waals surface area contributed by atoms with E-state index >= 15 is 0 Å². The van der Waals surface area contributed by atoms with Gasteiger partial charge in [0.2, 0.25) is 0 Å². The first kappa shape index (κ1) is 15.1. The third-order valence-corrected chi connectivity index (χ3v) is 3.37. The molecular formula is C14H22FNO2. The van der Waals surface area contributed by atoms with Crippen LogP contribution in [0.3, 0.4) is 0 Å². The van der Waals surface area contributed by atoms with Crippen molar-refractivity contribution in [3.63, 3.8) is 0 Å². The Hall–Kier alpha value is -0.970. The Bertz CT molecular complexity index is 367. The molecule has 4 heteroatoms. The summed E-state index contributed by atoms with van der Waals surface area (Å²) in [6.07, 6.45) is 0.391. The van der Waals surface area contributed by atoms with Gasteiger partial charge in [0.15, 0.2) is 0 Å². The molecule has 0 aliphatic carbocycles. The molecule has 18 heavy (non-hydrogen) atoms. The number of benzene rings is 1. The Kier molecular flexibility index (Phi) is 5.72. The fourth-order valence-electron chi connectivity index (χ4n) is 1.80. The van der Waals surface area contributed by atoms with Gasteiger partial charge in [-0.1, -0.05) is 32.0 Å². The lowest BCUT2D eigenvalue weighted by Gasteiger charge is -2.26. The van der Waals surface area contributed by atoms with Crippen LogP contribution in [-0.2, 0) is 0 Å². The van der Waals surface area contributed by atoms with Crippen LogP contribution in [0.4, 0.5) is 4.39 Å². The third kappa shape index (κ3) is 4.05. The molecule has 1 aromatic rings. The van der Waals surface area contributed by atoms with Crippen LogP contribution in [0.5, 0.6) is 0 Å². The molecule has 0 heterocycles. The molecule has 0 aromatic heterocycles. The maximum Gasteiger partial charge on any atom is 0.129 e. The monoisotopic (exact) mass is 255 g/mol. The van der Waals surface area contributed by atoms with Crippen molar-refractivity contribution in [1.82, 2.24) is 5.32 Å². The van der Waals surface area contributed by atoms with E-state index in [4.69, 9.17) is 0 Å². The molecule has 0 saturated heterocycles. The number of halogens is 1. The van der Waals surface area contributed by atoms with Gasteiger partial charge in [-0.25, -0.2) is 4.39 Å². The highest BCUT2D eigenvalue weighted by molar-refractivity contribution is 5.19. The van der Waals surface area contributed by atoms with Gasteiger partial charge < -0.3 is 15.5 Å². The van der Waals surface area contributed by atoms with E-state index < -0.39 is 17.5 Å².